The lowest BCUT2D eigenvalue weighted by atomic mass is 10.0. The predicted molar refractivity (Wildman–Crippen MR) is 86.7 cm³/mol. The van der Waals surface area contributed by atoms with Gasteiger partial charge in [0.15, 0.2) is 9.84 Å². The maximum Gasteiger partial charge on any atom is 0.183 e. The normalized spacial score (nSPS) is 26.5. The van der Waals surface area contributed by atoms with Gasteiger partial charge in [0, 0.05) is 10.9 Å². The average molecular weight is 348 g/mol. The molecule has 1 aliphatic rings. The van der Waals surface area contributed by atoms with Gasteiger partial charge in [0.1, 0.15) is 5.41 Å². The van der Waals surface area contributed by atoms with Crippen molar-refractivity contribution in [3.63, 3.8) is 0 Å². The van der Waals surface area contributed by atoms with E-state index in [1.54, 1.807) is 42.5 Å². The quantitative estimate of drug-likeness (QED) is 0.922. The van der Waals surface area contributed by atoms with Gasteiger partial charge in [-0.05, 0) is 29.8 Å². The molecule has 6 heteroatoms. The number of nitriles is 1. The van der Waals surface area contributed by atoms with Gasteiger partial charge in [-0.15, -0.1) is 0 Å². The highest BCUT2D eigenvalue weighted by Crippen LogP contribution is 2.63. The Balaban J connectivity index is 2.07. The van der Waals surface area contributed by atoms with Crippen LogP contribution < -0.4 is 0 Å². The Morgan fingerprint density at radius 2 is 1.74 bits per heavy atom. The van der Waals surface area contributed by atoms with Crippen LogP contribution in [0, 0.1) is 16.7 Å². The highest BCUT2D eigenvalue weighted by Gasteiger charge is 2.72. The van der Waals surface area contributed by atoms with Crippen LogP contribution in [0.15, 0.2) is 59.5 Å². The Hall–Kier alpha value is -1.87. The molecule has 0 aromatic heterocycles. The van der Waals surface area contributed by atoms with E-state index in [0.717, 1.165) is 0 Å². The summed E-state index contributed by atoms with van der Waals surface area (Å²) in [6.45, 7) is -0.506. The molecule has 0 amide bonds. The fraction of sp³-hybridized carbons (Fsp3) is 0.235. The van der Waals surface area contributed by atoms with Crippen LogP contribution in [0.25, 0.3) is 0 Å². The third-order valence-corrected chi connectivity index (χ3v) is 6.90. The zero-order valence-corrected chi connectivity index (χ0v) is 13.6. The molecule has 3 atom stereocenters. The van der Waals surface area contributed by atoms with E-state index in [-0.39, 0.29) is 4.90 Å². The fourth-order valence-electron chi connectivity index (χ4n) is 3.12. The minimum absolute atomic E-state index is 0.162. The molecular weight excluding hydrogens is 334 g/mol. The van der Waals surface area contributed by atoms with Gasteiger partial charge >= 0.3 is 0 Å². The molecule has 118 valence electrons. The summed E-state index contributed by atoms with van der Waals surface area (Å²) < 4.78 is 25.8. The van der Waals surface area contributed by atoms with Crippen LogP contribution in [0.2, 0.25) is 5.02 Å². The highest BCUT2D eigenvalue weighted by atomic mass is 35.5. The molecule has 0 bridgehead atoms. The first kappa shape index (κ1) is 16.0. The molecule has 23 heavy (non-hydrogen) atoms. The zero-order chi connectivity index (χ0) is 16.7. The molecule has 1 aliphatic carbocycles. The van der Waals surface area contributed by atoms with Gasteiger partial charge in [0.25, 0.3) is 0 Å². The molecule has 1 fully saturated rings. The number of aliphatic hydroxyl groups excluding tert-OH is 1. The van der Waals surface area contributed by atoms with Gasteiger partial charge in [-0.3, -0.25) is 0 Å². The molecule has 2 aromatic carbocycles. The van der Waals surface area contributed by atoms with Crippen LogP contribution in [0.4, 0.5) is 0 Å². The molecule has 2 aromatic rings. The van der Waals surface area contributed by atoms with Crippen LogP contribution in [-0.2, 0) is 9.84 Å². The summed E-state index contributed by atoms with van der Waals surface area (Å²) in [6, 6.07) is 16.8. The van der Waals surface area contributed by atoms with Crippen molar-refractivity contribution in [2.75, 3.05) is 6.61 Å². The molecule has 0 heterocycles. The lowest BCUT2D eigenvalue weighted by molar-refractivity contribution is 0.242. The lowest BCUT2D eigenvalue weighted by Crippen LogP contribution is -2.18. The van der Waals surface area contributed by atoms with Crippen molar-refractivity contribution in [1.29, 1.82) is 5.26 Å². The minimum Gasteiger partial charge on any atom is -0.395 e. The highest BCUT2D eigenvalue weighted by molar-refractivity contribution is 7.92. The van der Waals surface area contributed by atoms with E-state index < -0.39 is 33.0 Å². The molecule has 0 spiro atoms. The van der Waals surface area contributed by atoms with E-state index in [4.69, 9.17) is 11.6 Å². The van der Waals surface area contributed by atoms with Gasteiger partial charge in [0.05, 0.1) is 22.8 Å². The first-order chi connectivity index (χ1) is 11.0. The van der Waals surface area contributed by atoms with Gasteiger partial charge < -0.3 is 5.11 Å². The van der Waals surface area contributed by atoms with E-state index in [2.05, 4.69) is 0 Å². The van der Waals surface area contributed by atoms with Crippen LogP contribution in [0.3, 0.4) is 0 Å². The van der Waals surface area contributed by atoms with E-state index in [9.17, 15) is 18.8 Å². The predicted octanol–water partition coefficient (Wildman–Crippen LogP) is 2.78. The van der Waals surface area contributed by atoms with Crippen LogP contribution in [0.1, 0.15) is 11.5 Å². The number of sulfone groups is 1. The van der Waals surface area contributed by atoms with Gasteiger partial charge in [-0.2, -0.15) is 5.26 Å². The lowest BCUT2D eigenvalue weighted by Gasteiger charge is -2.05. The van der Waals surface area contributed by atoms with Crippen molar-refractivity contribution in [2.24, 2.45) is 5.41 Å². The van der Waals surface area contributed by atoms with Crippen molar-refractivity contribution in [1.82, 2.24) is 0 Å². The molecular formula is C17H14ClNO3S. The summed E-state index contributed by atoms with van der Waals surface area (Å²) in [5, 5.41) is 18.8. The zero-order valence-electron chi connectivity index (χ0n) is 12.1. The largest absolute Gasteiger partial charge is 0.395 e. The smallest absolute Gasteiger partial charge is 0.183 e. The number of aliphatic hydroxyl groups is 1. The van der Waals surface area contributed by atoms with Crippen molar-refractivity contribution >= 4 is 21.4 Å². The second-order valence-electron chi connectivity index (χ2n) is 5.62. The summed E-state index contributed by atoms with van der Waals surface area (Å²) in [5.41, 5.74) is -0.628. The molecule has 0 aliphatic heterocycles. The van der Waals surface area contributed by atoms with E-state index in [1.165, 1.54) is 12.1 Å². The SMILES string of the molecule is N#CC1(CO)C(c2ccc(Cl)cc2)C1S(=O)(=O)c1ccccc1. The standard InChI is InChI=1S/C17H14ClNO3S/c18-13-8-6-12(7-9-13)15-16(17(15,10-19)11-20)23(21,22)14-4-2-1-3-5-14/h1-9,15-16,20H,11H2. The molecule has 4 nitrogen and oxygen atoms in total. The third-order valence-electron chi connectivity index (χ3n) is 4.36. The number of nitrogens with zero attached hydrogens (tertiary/aromatic N) is 1. The number of benzene rings is 2. The molecule has 0 radical (unpaired) electrons. The maximum atomic E-state index is 12.9. The minimum atomic E-state index is -3.72. The molecule has 1 saturated carbocycles. The maximum absolute atomic E-state index is 12.9. The number of halogens is 1. The van der Waals surface area contributed by atoms with Gasteiger partial charge in [-0.25, -0.2) is 8.42 Å². The monoisotopic (exact) mass is 347 g/mol. The Morgan fingerprint density at radius 3 is 2.26 bits per heavy atom. The molecule has 0 saturated heterocycles. The van der Waals surface area contributed by atoms with Gasteiger partial charge in [0.2, 0.25) is 0 Å². The number of rotatable bonds is 4. The van der Waals surface area contributed by atoms with E-state index in [0.29, 0.717) is 10.6 Å². The first-order valence-electron chi connectivity index (χ1n) is 7.04. The Morgan fingerprint density at radius 1 is 1.13 bits per heavy atom. The third kappa shape index (κ3) is 2.43. The van der Waals surface area contributed by atoms with Crippen molar-refractivity contribution in [2.45, 2.75) is 16.1 Å². The second kappa shape index (κ2) is 5.64. The fourth-order valence-corrected chi connectivity index (χ4v) is 5.58. The van der Waals surface area contributed by atoms with Crippen LogP contribution >= 0.6 is 11.6 Å². The second-order valence-corrected chi connectivity index (χ2v) is 8.12. The number of hydrogen-bond donors (Lipinski definition) is 1. The van der Waals surface area contributed by atoms with E-state index in [1.807, 2.05) is 6.07 Å². The summed E-state index contributed by atoms with van der Waals surface area (Å²) in [6.07, 6.45) is 0. The van der Waals surface area contributed by atoms with E-state index >= 15 is 0 Å². The van der Waals surface area contributed by atoms with Crippen molar-refractivity contribution in [3.8, 4) is 6.07 Å². The summed E-state index contributed by atoms with van der Waals surface area (Å²) in [5.74, 6) is -0.569. The summed E-state index contributed by atoms with van der Waals surface area (Å²) in [7, 11) is -3.72. The van der Waals surface area contributed by atoms with Gasteiger partial charge in [-0.1, -0.05) is 41.9 Å². The van der Waals surface area contributed by atoms with Crippen LogP contribution in [0.5, 0.6) is 0 Å². The van der Waals surface area contributed by atoms with Crippen molar-refractivity contribution < 1.29 is 13.5 Å². The molecule has 3 rings (SSSR count). The number of hydrogen-bond acceptors (Lipinski definition) is 4. The Kier molecular flexibility index (Phi) is 3.93. The van der Waals surface area contributed by atoms with Crippen LogP contribution in [-0.4, -0.2) is 25.4 Å². The Bertz CT molecular complexity index is 859. The Labute approximate surface area is 139 Å². The average Bonchev–Trinajstić information content (AvgIpc) is 3.27. The topological polar surface area (TPSA) is 78.2 Å². The molecule has 1 N–H and O–H groups in total. The van der Waals surface area contributed by atoms with Crippen molar-refractivity contribution in [3.05, 3.63) is 65.2 Å². The summed E-state index contributed by atoms with van der Waals surface area (Å²) in [4.78, 5) is 0.162. The molecule has 3 unspecified atom stereocenters. The first-order valence-corrected chi connectivity index (χ1v) is 8.96. The summed E-state index contributed by atoms with van der Waals surface area (Å²) >= 11 is 5.87.